The molecule has 1 amide bonds. The maximum Gasteiger partial charge on any atom is 0.335 e. The van der Waals surface area contributed by atoms with Crippen molar-refractivity contribution in [1.29, 1.82) is 0 Å². The lowest BCUT2D eigenvalue weighted by Gasteiger charge is -2.04. The van der Waals surface area contributed by atoms with Crippen LogP contribution in [0.2, 0.25) is 0 Å². The predicted molar refractivity (Wildman–Crippen MR) is 121 cm³/mol. The molecule has 1 fully saturated rings. The number of aromatic carboxylic acids is 1. The Morgan fingerprint density at radius 1 is 1.27 bits per heavy atom. The van der Waals surface area contributed by atoms with Crippen molar-refractivity contribution in [2.75, 3.05) is 0 Å². The predicted octanol–water partition coefficient (Wildman–Crippen LogP) is 4.73. The van der Waals surface area contributed by atoms with E-state index in [2.05, 4.69) is 27.5 Å². The van der Waals surface area contributed by atoms with E-state index in [0.29, 0.717) is 22.3 Å². The summed E-state index contributed by atoms with van der Waals surface area (Å²) >= 11 is 1.24. The van der Waals surface area contributed by atoms with Crippen LogP contribution in [-0.2, 0) is 11.3 Å². The van der Waals surface area contributed by atoms with Crippen molar-refractivity contribution < 1.29 is 14.7 Å². The van der Waals surface area contributed by atoms with Crippen LogP contribution >= 0.6 is 11.8 Å². The Morgan fingerprint density at radius 3 is 2.83 bits per heavy atom. The van der Waals surface area contributed by atoms with Crippen molar-refractivity contribution in [3.63, 3.8) is 0 Å². The largest absolute Gasteiger partial charge is 0.478 e. The van der Waals surface area contributed by atoms with Gasteiger partial charge in [0.05, 0.1) is 16.2 Å². The van der Waals surface area contributed by atoms with E-state index in [1.54, 1.807) is 12.1 Å². The third-order valence-corrected chi connectivity index (χ3v) is 5.75. The number of carbonyl (C=O) groups excluding carboxylic acids is 1. The van der Waals surface area contributed by atoms with E-state index in [0.717, 1.165) is 22.2 Å². The molecule has 6 nitrogen and oxygen atoms in total. The highest BCUT2D eigenvalue weighted by atomic mass is 32.2. The first-order chi connectivity index (χ1) is 14.5. The van der Waals surface area contributed by atoms with Gasteiger partial charge < -0.3 is 15.0 Å². The summed E-state index contributed by atoms with van der Waals surface area (Å²) in [7, 11) is 0. The Bertz CT molecular complexity index is 1250. The lowest BCUT2D eigenvalue weighted by molar-refractivity contribution is -0.115. The zero-order valence-corrected chi connectivity index (χ0v) is 17.1. The number of fused-ring (bicyclic) bond motifs is 1. The summed E-state index contributed by atoms with van der Waals surface area (Å²) in [6, 6.07) is 14.4. The van der Waals surface area contributed by atoms with Crippen molar-refractivity contribution in [1.82, 2.24) is 9.88 Å². The maximum atomic E-state index is 12.5. The van der Waals surface area contributed by atoms with E-state index in [1.807, 2.05) is 37.3 Å². The molecule has 0 bridgehead atoms. The monoisotopic (exact) mass is 417 g/mol. The number of allylic oxidation sites excluding steroid dienone is 1. The van der Waals surface area contributed by atoms with Gasteiger partial charge in [-0.3, -0.25) is 4.79 Å². The molecule has 1 aromatic heterocycles. The van der Waals surface area contributed by atoms with Crippen molar-refractivity contribution >= 4 is 51.5 Å². The van der Waals surface area contributed by atoms with Gasteiger partial charge in [-0.15, -0.1) is 6.58 Å². The second kappa shape index (κ2) is 8.04. The second-order valence-corrected chi connectivity index (χ2v) is 7.78. The number of amides is 1. The number of thioether (sulfide) groups is 1. The van der Waals surface area contributed by atoms with Crippen LogP contribution in [0, 0.1) is 6.92 Å². The third-order valence-electron chi connectivity index (χ3n) is 4.84. The summed E-state index contributed by atoms with van der Waals surface area (Å²) in [5, 5.41) is 13.4. The van der Waals surface area contributed by atoms with Crippen LogP contribution < -0.4 is 5.32 Å². The van der Waals surface area contributed by atoms with Crippen LogP contribution in [0.25, 0.3) is 17.0 Å². The minimum atomic E-state index is -1.02. The highest BCUT2D eigenvalue weighted by Gasteiger charge is 2.25. The number of carbonyl (C=O) groups is 2. The van der Waals surface area contributed by atoms with E-state index in [4.69, 9.17) is 5.11 Å². The van der Waals surface area contributed by atoms with E-state index in [9.17, 15) is 9.59 Å². The highest BCUT2D eigenvalue weighted by molar-refractivity contribution is 8.18. The van der Waals surface area contributed by atoms with Gasteiger partial charge in [0.2, 0.25) is 0 Å². The smallest absolute Gasteiger partial charge is 0.335 e. The minimum absolute atomic E-state index is 0.146. The summed E-state index contributed by atoms with van der Waals surface area (Å²) in [5.41, 5.74) is 3.74. The Kier molecular flexibility index (Phi) is 5.29. The minimum Gasteiger partial charge on any atom is -0.478 e. The fourth-order valence-electron chi connectivity index (χ4n) is 3.44. The first-order valence-corrected chi connectivity index (χ1v) is 10.1. The molecule has 0 aliphatic carbocycles. The Labute approximate surface area is 177 Å². The van der Waals surface area contributed by atoms with Crippen molar-refractivity contribution in [3.8, 4) is 0 Å². The van der Waals surface area contributed by atoms with Crippen LogP contribution in [0.1, 0.15) is 21.6 Å². The zero-order chi connectivity index (χ0) is 21.3. The van der Waals surface area contributed by atoms with E-state index in [-0.39, 0.29) is 11.5 Å². The number of nitrogens with zero attached hydrogens (tertiary/aromatic N) is 2. The number of carboxylic acid groups (broad SMARTS) is 1. The molecule has 0 atom stereocenters. The standard InChI is InChI=1S/C23H19N3O3S/c1-3-11-26-14(2)18(17-9-4-5-10-19(17)26)13-20-21(27)25-23(30-20)24-16-8-6-7-15(12-16)22(28)29/h3-10,12-13H,1,11H2,2H3,(H,28,29)(H,24,25,27)/b20-13-. The molecule has 0 radical (unpaired) electrons. The average Bonchev–Trinajstić information content (AvgIpc) is 3.20. The number of nitrogens with one attached hydrogen (secondary N) is 1. The van der Waals surface area contributed by atoms with Crippen LogP contribution in [-0.4, -0.2) is 26.7 Å². The number of aliphatic imine (C=N–C) groups is 1. The van der Waals surface area contributed by atoms with Crippen LogP contribution in [0.5, 0.6) is 0 Å². The molecular formula is C23H19N3O3S. The van der Waals surface area contributed by atoms with Crippen LogP contribution in [0.3, 0.4) is 0 Å². The Hall–Kier alpha value is -3.58. The normalized spacial score (nSPS) is 16.4. The molecule has 1 saturated heterocycles. The molecule has 2 N–H and O–H groups in total. The SMILES string of the molecule is C=CCn1c(C)c(/C=C2\SC(=Nc3cccc(C(=O)O)c3)NC2=O)c2ccccc21. The molecule has 150 valence electrons. The summed E-state index contributed by atoms with van der Waals surface area (Å²) < 4.78 is 2.17. The third kappa shape index (κ3) is 3.67. The molecule has 0 unspecified atom stereocenters. The second-order valence-electron chi connectivity index (χ2n) is 6.75. The van der Waals surface area contributed by atoms with E-state index in [1.165, 1.54) is 23.9 Å². The number of amidine groups is 1. The van der Waals surface area contributed by atoms with Gasteiger partial charge in [0, 0.05) is 28.7 Å². The molecule has 7 heteroatoms. The van der Waals surface area contributed by atoms with Crippen LogP contribution in [0.4, 0.5) is 5.69 Å². The molecule has 1 aliphatic rings. The quantitative estimate of drug-likeness (QED) is 0.465. The lowest BCUT2D eigenvalue weighted by Crippen LogP contribution is -2.19. The van der Waals surface area contributed by atoms with Crippen molar-refractivity contribution in [2.45, 2.75) is 13.5 Å². The molecule has 3 aromatic rings. The number of rotatable bonds is 5. The van der Waals surface area contributed by atoms with Crippen molar-refractivity contribution in [2.24, 2.45) is 4.99 Å². The average molecular weight is 417 g/mol. The first kappa shape index (κ1) is 19.7. The van der Waals surface area contributed by atoms with Gasteiger partial charge in [-0.2, -0.15) is 0 Å². The Morgan fingerprint density at radius 2 is 2.07 bits per heavy atom. The molecule has 0 saturated carbocycles. The van der Waals surface area contributed by atoms with Gasteiger partial charge in [0.25, 0.3) is 5.91 Å². The van der Waals surface area contributed by atoms with E-state index >= 15 is 0 Å². The number of benzene rings is 2. The number of hydrogen-bond donors (Lipinski definition) is 2. The van der Waals surface area contributed by atoms with Gasteiger partial charge in [-0.1, -0.05) is 30.3 Å². The topological polar surface area (TPSA) is 83.7 Å². The van der Waals surface area contributed by atoms with Crippen molar-refractivity contribution in [3.05, 3.63) is 82.9 Å². The molecule has 30 heavy (non-hydrogen) atoms. The van der Waals surface area contributed by atoms with Gasteiger partial charge >= 0.3 is 5.97 Å². The lowest BCUT2D eigenvalue weighted by atomic mass is 10.1. The zero-order valence-electron chi connectivity index (χ0n) is 16.3. The van der Waals surface area contributed by atoms with Gasteiger partial charge in [-0.05, 0) is 49.0 Å². The fourth-order valence-corrected chi connectivity index (χ4v) is 4.27. The van der Waals surface area contributed by atoms with E-state index < -0.39 is 5.97 Å². The first-order valence-electron chi connectivity index (χ1n) is 9.29. The molecule has 4 rings (SSSR count). The maximum absolute atomic E-state index is 12.5. The van der Waals surface area contributed by atoms with Gasteiger partial charge in [0.15, 0.2) is 5.17 Å². The molecular weight excluding hydrogens is 398 g/mol. The molecule has 1 aliphatic heterocycles. The molecule has 2 aromatic carbocycles. The Balaban J connectivity index is 1.70. The summed E-state index contributed by atoms with van der Waals surface area (Å²) in [6.07, 6.45) is 3.73. The van der Waals surface area contributed by atoms with Gasteiger partial charge in [0.1, 0.15) is 0 Å². The fraction of sp³-hybridized carbons (Fsp3) is 0.0870. The number of para-hydroxylation sites is 1. The van der Waals surface area contributed by atoms with Gasteiger partial charge in [-0.25, -0.2) is 9.79 Å². The van der Waals surface area contributed by atoms with Crippen LogP contribution in [0.15, 0.2) is 71.1 Å². The molecule has 0 spiro atoms. The highest BCUT2D eigenvalue weighted by Crippen LogP contribution is 2.33. The molecule has 2 heterocycles. The number of carboxylic acids is 1. The number of hydrogen-bond acceptors (Lipinski definition) is 4. The summed E-state index contributed by atoms with van der Waals surface area (Å²) in [4.78, 5) is 28.6. The summed E-state index contributed by atoms with van der Waals surface area (Å²) in [6.45, 7) is 6.55. The summed E-state index contributed by atoms with van der Waals surface area (Å²) in [5.74, 6) is -1.25. The number of aromatic nitrogens is 1.